The van der Waals surface area contributed by atoms with Gasteiger partial charge in [0.1, 0.15) is 6.54 Å². The lowest BCUT2D eigenvalue weighted by Crippen LogP contribution is -2.43. The minimum atomic E-state index is -4.35. The summed E-state index contributed by atoms with van der Waals surface area (Å²) in [5.41, 5.74) is 0. The molecule has 1 N–H and O–H groups in total. The van der Waals surface area contributed by atoms with Crippen molar-refractivity contribution in [2.75, 3.05) is 33.3 Å². The quantitative estimate of drug-likeness (QED) is 0.775. The maximum Gasteiger partial charge on any atom is 0.406 e. The summed E-state index contributed by atoms with van der Waals surface area (Å²) in [5.74, 6) is -0.550. The van der Waals surface area contributed by atoms with Crippen molar-refractivity contribution in [1.29, 1.82) is 0 Å². The molecule has 0 spiro atoms. The number of ether oxygens (including phenoxy) is 1. The molecule has 0 aromatic heterocycles. The van der Waals surface area contributed by atoms with E-state index in [1.807, 2.05) is 0 Å². The highest BCUT2D eigenvalue weighted by molar-refractivity contribution is 5.76. The molecule has 1 heterocycles. The first kappa shape index (κ1) is 13.2. The van der Waals surface area contributed by atoms with E-state index in [0.29, 0.717) is 24.6 Å². The Labute approximate surface area is 91.7 Å². The lowest BCUT2D eigenvalue weighted by atomic mass is 10.2. The number of morpholine rings is 1. The minimum absolute atomic E-state index is 0.0143. The Bertz CT molecular complexity index is 239. The van der Waals surface area contributed by atoms with Crippen LogP contribution in [0.1, 0.15) is 6.42 Å². The Morgan fingerprint density at radius 1 is 1.56 bits per heavy atom. The smallest absolute Gasteiger partial charge is 0.375 e. The van der Waals surface area contributed by atoms with Crippen LogP contribution in [0.4, 0.5) is 13.2 Å². The molecule has 1 aliphatic heterocycles. The first-order valence-electron chi connectivity index (χ1n) is 5.01. The van der Waals surface area contributed by atoms with Gasteiger partial charge in [-0.25, -0.2) is 0 Å². The minimum Gasteiger partial charge on any atom is -0.375 e. The normalized spacial score (nSPS) is 21.9. The Morgan fingerprint density at radius 3 is 2.75 bits per heavy atom. The van der Waals surface area contributed by atoms with Gasteiger partial charge >= 0.3 is 6.18 Å². The fraction of sp³-hybridized carbons (Fsp3) is 0.889. The van der Waals surface area contributed by atoms with E-state index >= 15 is 0 Å². The van der Waals surface area contributed by atoms with Crippen molar-refractivity contribution < 1.29 is 22.7 Å². The van der Waals surface area contributed by atoms with Gasteiger partial charge in [-0.05, 0) is 0 Å². The average molecular weight is 240 g/mol. The van der Waals surface area contributed by atoms with Crippen LogP contribution in [0.15, 0.2) is 0 Å². The second-order valence-corrected chi connectivity index (χ2v) is 3.77. The Kier molecular flexibility index (Phi) is 4.55. The van der Waals surface area contributed by atoms with Crippen molar-refractivity contribution in [3.8, 4) is 0 Å². The van der Waals surface area contributed by atoms with Crippen LogP contribution in [0.2, 0.25) is 0 Å². The van der Waals surface area contributed by atoms with E-state index in [0.717, 1.165) is 7.05 Å². The van der Waals surface area contributed by atoms with Gasteiger partial charge in [-0.15, -0.1) is 0 Å². The molecule has 16 heavy (non-hydrogen) atoms. The molecule has 1 atom stereocenters. The van der Waals surface area contributed by atoms with Crippen LogP contribution in [0.3, 0.4) is 0 Å². The molecule has 1 rings (SSSR count). The molecular weight excluding hydrogens is 225 g/mol. The predicted molar refractivity (Wildman–Crippen MR) is 50.9 cm³/mol. The highest BCUT2D eigenvalue weighted by Crippen LogP contribution is 2.16. The van der Waals surface area contributed by atoms with E-state index < -0.39 is 18.6 Å². The number of carbonyl (C=O) groups excluding carboxylic acids is 1. The van der Waals surface area contributed by atoms with Crippen LogP contribution >= 0.6 is 0 Å². The second-order valence-electron chi connectivity index (χ2n) is 3.77. The van der Waals surface area contributed by atoms with Gasteiger partial charge in [0.05, 0.1) is 19.1 Å². The third-order valence-corrected chi connectivity index (χ3v) is 2.25. The molecule has 1 unspecified atom stereocenters. The standard InChI is InChI=1S/C9H15F3N2O2/c1-14(6-9(10,11)12)8(15)4-7-5-13-2-3-16-7/h7,13H,2-6H2,1H3. The zero-order chi connectivity index (χ0) is 12.2. The van der Waals surface area contributed by atoms with Gasteiger partial charge in [0.25, 0.3) is 0 Å². The van der Waals surface area contributed by atoms with Crippen molar-refractivity contribution in [3.63, 3.8) is 0 Å². The lowest BCUT2D eigenvalue weighted by molar-refractivity contribution is -0.160. The summed E-state index contributed by atoms with van der Waals surface area (Å²) < 4.78 is 41.3. The van der Waals surface area contributed by atoms with E-state index in [1.165, 1.54) is 0 Å². The van der Waals surface area contributed by atoms with Crippen LogP contribution in [0.25, 0.3) is 0 Å². The Morgan fingerprint density at radius 2 is 2.25 bits per heavy atom. The van der Waals surface area contributed by atoms with E-state index in [4.69, 9.17) is 4.74 Å². The first-order chi connectivity index (χ1) is 7.38. The van der Waals surface area contributed by atoms with Gasteiger partial charge in [0, 0.05) is 20.1 Å². The largest absolute Gasteiger partial charge is 0.406 e. The van der Waals surface area contributed by atoms with Crippen LogP contribution in [0, 0.1) is 0 Å². The number of amides is 1. The number of nitrogens with zero attached hydrogens (tertiary/aromatic N) is 1. The van der Waals surface area contributed by atoms with Crippen molar-refractivity contribution in [3.05, 3.63) is 0 Å². The number of halogens is 3. The molecular formula is C9H15F3N2O2. The molecule has 0 bridgehead atoms. The van der Waals surface area contributed by atoms with Crippen molar-refractivity contribution in [2.45, 2.75) is 18.7 Å². The molecule has 1 saturated heterocycles. The summed E-state index contributed by atoms with van der Waals surface area (Å²) in [6.07, 6.45) is -4.69. The van der Waals surface area contributed by atoms with Gasteiger partial charge in [-0.2, -0.15) is 13.2 Å². The van der Waals surface area contributed by atoms with Crippen molar-refractivity contribution >= 4 is 5.91 Å². The highest BCUT2D eigenvalue weighted by Gasteiger charge is 2.31. The van der Waals surface area contributed by atoms with Crippen molar-refractivity contribution in [1.82, 2.24) is 10.2 Å². The molecule has 94 valence electrons. The Balaban J connectivity index is 2.33. The fourth-order valence-electron chi connectivity index (χ4n) is 1.46. The Hall–Kier alpha value is -0.820. The molecule has 1 fully saturated rings. The average Bonchev–Trinajstić information content (AvgIpc) is 2.16. The van der Waals surface area contributed by atoms with Gasteiger partial charge in [-0.3, -0.25) is 4.79 Å². The monoisotopic (exact) mass is 240 g/mol. The highest BCUT2D eigenvalue weighted by atomic mass is 19.4. The van der Waals surface area contributed by atoms with E-state index in [1.54, 1.807) is 0 Å². The third-order valence-electron chi connectivity index (χ3n) is 2.25. The van der Waals surface area contributed by atoms with Crippen LogP contribution < -0.4 is 5.32 Å². The number of hydrogen-bond acceptors (Lipinski definition) is 3. The summed E-state index contributed by atoms with van der Waals surface area (Å²) in [6.45, 7) is 0.488. The number of carbonyl (C=O) groups is 1. The van der Waals surface area contributed by atoms with E-state index in [2.05, 4.69) is 5.32 Å². The summed E-state index contributed by atoms with van der Waals surface area (Å²) in [6, 6.07) is 0. The maximum atomic E-state index is 12.0. The molecule has 0 aromatic carbocycles. The van der Waals surface area contributed by atoms with Crippen LogP contribution in [-0.2, 0) is 9.53 Å². The van der Waals surface area contributed by atoms with Crippen molar-refractivity contribution in [2.24, 2.45) is 0 Å². The van der Waals surface area contributed by atoms with Crippen LogP contribution in [-0.4, -0.2) is 56.4 Å². The molecule has 1 aliphatic rings. The van der Waals surface area contributed by atoms with Gasteiger partial charge < -0.3 is 15.0 Å². The number of alkyl halides is 3. The topological polar surface area (TPSA) is 41.6 Å². The summed E-state index contributed by atoms with van der Waals surface area (Å²) in [5, 5.41) is 3.01. The molecule has 1 amide bonds. The third kappa shape index (κ3) is 4.80. The number of nitrogens with one attached hydrogen (secondary N) is 1. The van der Waals surface area contributed by atoms with E-state index in [9.17, 15) is 18.0 Å². The van der Waals surface area contributed by atoms with Gasteiger partial charge in [0.15, 0.2) is 0 Å². The second kappa shape index (κ2) is 5.49. The molecule has 0 saturated carbocycles. The molecule has 0 aromatic rings. The molecule has 0 radical (unpaired) electrons. The number of hydrogen-bond donors (Lipinski definition) is 1. The first-order valence-corrected chi connectivity index (χ1v) is 5.01. The predicted octanol–water partition coefficient (Wildman–Crippen LogP) is 0.386. The van der Waals surface area contributed by atoms with E-state index in [-0.39, 0.29) is 12.5 Å². The zero-order valence-corrected chi connectivity index (χ0v) is 9.01. The van der Waals surface area contributed by atoms with Gasteiger partial charge in [-0.1, -0.05) is 0 Å². The molecule has 4 nitrogen and oxygen atoms in total. The summed E-state index contributed by atoms with van der Waals surface area (Å²) >= 11 is 0. The van der Waals surface area contributed by atoms with Crippen LogP contribution in [0.5, 0.6) is 0 Å². The van der Waals surface area contributed by atoms with Gasteiger partial charge in [0.2, 0.25) is 5.91 Å². The summed E-state index contributed by atoms with van der Waals surface area (Å²) in [7, 11) is 1.14. The lowest BCUT2D eigenvalue weighted by Gasteiger charge is -2.25. The zero-order valence-electron chi connectivity index (χ0n) is 9.01. The fourth-order valence-corrected chi connectivity index (χ4v) is 1.46. The molecule has 0 aliphatic carbocycles. The molecule has 7 heteroatoms. The number of rotatable bonds is 3. The summed E-state index contributed by atoms with van der Waals surface area (Å²) in [4.78, 5) is 12.1. The maximum absolute atomic E-state index is 12.0. The SMILES string of the molecule is CN(CC(F)(F)F)C(=O)CC1CNCCO1.